The molecule has 2 nitrogen and oxygen atoms in total. The van der Waals surface area contributed by atoms with Crippen LogP contribution in [-0.2, 0) is 4.79 Å². The van der Waals surface area contributed by atoms with Crippen molar-refractivity contribution in [1.29, 1.82) is 0 Å². The third-order valence-corrected chi connectivity index (χ3v) is 2.52. The van der Waals surface area contributed by atoms with Gasteiger partial charge in [-0.05, 0) is 31.6 Å². The molecule has 0 aromatic carbocycles. The van der Waals surface area contributed by atoms with E-state index >= 15 is 0 Å². The molecule has 0 saturated heterocycles. The van der Waals surface area contributed by atoms with E-state index in [4.69, 9.17) is 0 Å². The number of carbonyl (C=O) groups excluding carboxylic acids is 1. The fourth-order valence-electron chi connectivity index (χ4n) is 1.76. The highest BCUT2D eigenvalue weighted by Gasteiger charge is 2.12. The Labute approximate surface area is 80.4 Å². The molecule has 1 rings (SSSR count). The van der Waals surface area contributed by atoms with Gasteiger partial charge in [0.05, 0.1) is 0 Å². The summed E-state index contributed by atoms with van der Waals surface area (Å²) in [5.74, 6) is 0.763. The van der Waals surface area contributed by atoms with E-state index in [1.807, 2.05) is 0 Å². The zero-order valence-electron chi connectivity index (χ0n) is 8.55. The summed E-state index contributed by atoms with van der Waals surface area (Å²) in [7, 11) is 0. The predicted octanol–water partition coefficient (Wildman–Crippen LogP) is 2.26. The molecule has 13 heavy (non-hydrogen) atoms. The lowest BCUT2D eigenvalue weighted by Gasteiger charge is -2.20. The lowest BCUT2D eigenvalue weighted by Crippen LogP contribution is -2.33. The van der Waals surface area contributed by atoms with Gasteiger partial charge in [-0.25, -0.2) is 0 Å². The molecule has 1 amide bonds. The summed E-state index contributed by atoms with van der Waals surface area (Å²) in [6.07, 6.45) is 8.99. The molecule has 0 bridgehead atoms. The minimum absolute atomic E-state index is 0.0993. The van der Waals surface area contributed by atoms with E-state index in [2.05, 4.69) is 24.4 Å². The van der Waals surface area contributed by atoms with E-state index < -0.39 is 0 Å². The average molecular weight is 181 g/mol. The SMILES string of the molecule is CC(=O)NC1CC/C=C/C(C)CC1. The maximum atomic E-state index is 10.9. The smallest absolute Gasteiger partial charge is 0.217 e. The molecule has 2 heteroatoms. The Morgan fingerprint density at radius 3 is 2.85 bits per heavy atom. The van der Waals surface area contributed by atoms with Crippen LogP contribution in [0.3, 0.4) is 0 Å². The number of carbonyl (C=O) groups is 1. The third-order valence-electron chi connectivity index (χ3n) is 2.52. The number of hydrogen-bond acceptors (Lipinski definition) is 1. The zero-order valence-corrected chi connectivity index (χ0v) is 8.55. The predicted molar refractivity (Wildman–Crippen MR) is 54.4 cm³/mol. The van der Waals surface area contributed by atoms with Crippen LogP contribution in [0.25, 0.3) is 0 Å². The van der Waals surface area contributed by atoms with E-state index in [1.165, 1.54) is 6.42 Å². The van der Waals surface area contributed by atoms with Crippen LogP contribution >= 0.6 is 0 Å². The second kappa shape index (κ2) is 5.05. The van der Waals surface area contributed by atoms with Crippen LogP contribution in [0.4, 0.5) is 0 Å². The Balaban J connectivity index is 2.40. The van der Waals surface area contributed by atoms with Gasteiger partial charge in [-0.3, -0.25) is 4.79 Å². The van der Waals surface area contributed by atoms with Crippen LogP contribution in [0.15, 0.2) is 12.2 Å². The van der Waals surface area contributed by atoms with Gasteiger partial charge < -0.3 is 5.32 Å². The van der Waals surface area contributed by atoms with E-state index in [-0.39, 0.29) is 5.91 Å². The molecule has 0 aromatic heterocycles. The van der Waals surface area contributed by atoms with Crippen LogP contribution in [0.5, 0.6) is 0 Å². The molecule has 0 fully saturated rings. The van der Waals surface area contributed by atoms with Crippen molar-refractivity contribution < 1.29 is 4.79 Å². The minimum atomic E-state index is 0.0993. The Hall–Kier alpha value is -0.790. The van der Waals surface area contributed by atoms with Crippen LogP contribution in [0.2, 0.25) is 0 Å². The van der Waals surface area contributed by atoms with Crippen LogP contribution < -0.4 is 5.32 Å². The number of amides is 1. The molecule has 1 N–H and O–H groups in total. The maximum Gasteiger partial charge on any atom is 0.217 e. The average Bonchev–Trinajstić information content (AvgIpc) is 2.03. The largest absolute Gasteiger partial charge is 0.354 e. The summed E-state index contributed by atoms with van der Waals surface area (Å²) in [6, 6.07) is 0.393. The summed E-state index contributed by atoms with van der Waals surface area (Å²) in [5.41, 5.74) is 0. The fourth-order valence-corrected chi connectivity index (χ4v) is 1.76. The van der Waals surface area contributed by atoms with Crippen molar-refractivity contribution in [3.05, 3.63) is 12.2 Å². The topological polar surface area (TPSA) is 29.1 Å². The minimum Gasteiger partial charge on any atom is -0.354 e. The molecule has 0 aliphatic heterocycles. The molecule has 2 unspecified atom stereocenters. The van der Waals surface area contributed by atoms with Crippen LogP contribution in [-0.4, -0.2) is 11.9 Å². The van der Waals surface area contributed by atoms with Crippen molar-refractivity contribution in [3.63, 3.8) is 0 Å². The quantitative estimate of drug-likeness (QED) is 0.618. The first kappa shape index (κ1) is 10.3. The molecule has 0 saturated carbocycles. The summed E-state index contributed by atoms with van der Waals surface area (Å²) >= 11 is 0. The lowest BCUT2D eigenvalue weighted by molar-refractivity contribution is -0.119. The molecule has 74 valence electrons. The maximum absolute atomic E-state index is 10.9. The van der Waals surface area contributed by atoms with Gasteiger partial charge in [0.2, 0.25) is 5.91 Å². The molecule has 0 radical (unpaired) electrons. The van der Waals surface area contributed by atoms with Gasteiger partial charge in [-0.1, -0.05) is 19.1 Å². The molecular formula is C11H19NO. The highest BCUT2D eigenvalue weighted by atomic mass is 16.1. The van der Waals surface area contributed by atoms with Gasteiger partial charge in [-0.15, -0.1) is 0 Å². The summed E-state index contributed by atoms with van der Waals surface area (Å²) in [4.78, 5) is 10.9. The number of nitrogens with one attached hydrogen (secondary N) is 1. The molecule has 1 aliphatic carbocycles. The van der Waals surface area contributed by atoms with Gasteiger partial charge in [0.15, 0.2) is 0 Å². The van der Waals surface area contributed by atoms with Crippen molar-refractivity contribution in [1.82, 2.24) is 5.32 Å². The number of hydrogen-bond donors (Lipinski definition) is 1. The molecule has 2 atom stereocenters. The highest BCUT2D eigenvalue weighted by molar-refractivity contribution is 5.73. The summed E-state index contributed by atoms with van der Waals surface area (Å²) in [6.45, 7) is 3.82. The number of rotatable bonds is 1. The second-order valence-corrected chi connectivity index (χ2v) is 3.96. The summed E-state index contributed by atoms with van der Waals surface area (Å²) in [5, 5.41) is 3.00. The van der Waals surface area contributed by atoms with Crippen molar-refractivity contribution in [2.24, 2.45) is 5.92 Å². The zero-order chi connectivity index (χ0) is 9.68. The van der Waals surface area contributed by atoms with Gasteiger partial charge in [0, 0.05) is 13.0 Å². The monoisotopic (exact) mass is 181 g/mol. The first-order chi connectivity index (χ1) is 6.18. The molecule has 0 spiro atoms. The number of allylic oxidation sites excluding steroid dienone is 2. The van der Waals surface area contributed by atoms with Gasteiger partial charge >= 0.3 is 0 Å². The Morgan fingerprint density at radius 1 is 1.38 bits per heavy atom. The summed E-state index contributed by atoms with van der Waals surface area (Å²) < 4.78 is 0. The first-order valence-electron chi connectivity index (χ1n) is 5.12. The van der Waals surface area contributed by atoms with E-state index in [0.717, 1.165) is 19.3 Å². The standard InChI is InChI=1S/C11H19NO/c1-9-5-3-4-6-11(8-7-9)12-10(2)13/h3,5,9,11H,4,6-8H2,1-2H3,(H,12,13)/b5-3+. The molecule has 0 aromatic rings. The van der Waals surface area contributed by atoms with Gasteiger partial charge in [0.1, 0.15) is 0 Å². The Kier molecular flexibility index (Phi) is 4.00. The van der Waals surface area contributed by atoms with E-state index in [9.17, 15) is 4.79 Å². The van der Waals surface area contributed by atoms with Crippen molar-refractivity contribution in [3.8, 4) is 0 Å². The molecule has 0 heterocycles. The van der Waals surface area contributed by atoms with E-state index in [0.29, 0.717) is 12.0 Å². The first-order valence-corrected chi connectivity index (χ1v) is 5.12. The van der Waals surface area contributed by atoms with Crippen molar-refractivity contribution in [2.45, 2.75) is 45.6 Å². The van der Waals surface area contributed by atoms with Crippen LogP contribution in [0, 0.1) is 5.92 Å². The second-order valence-electron chi connectivity index (χ2n) is 3.96. The third kappa shape index (κ3) is 4.11. The fraction of sp³-hybridized carbons (Fsp3) is 0.727. The lowest BCUT2D eigenvalue weighted by atomic mass is 9.95. The van der Waals surface area contributed by atoms with Crippen LogP contribution in [0.1, 0.15) is 39.5 Å². The van der Waals surface area contributed by atoms with E-state index in [1.54, 1.807) is 6.92 Å². The highest BCUT2D eigenvalue weighted by Crippen LogP contribution is 2.16. The Bertz CT molecular complexity index is 198. The van der Waals surface area contributed by atoms with Gasteiger partial charge in [-0.2, -0.15) is 0 Å². The molecular weight excluding hydrogens is 162 g/mol. The molecule has 1 aliphatic rings. The normalized spacial score (nSPS) is 31.5. The van der Waals surface area contributed by atoms with Gasteiger partial charge in [0.25, 0.3) is 0 Å². The van der Waals surface area contributed by atoms with Crippen molar-refractivity contribution in [2.75, 3.05) is 0 Å². The van der Waals surface area contributed by atoms with Crippen molar-refractivity contribution >= 4 is 5.91 Å². The Morgan fingerprint density at radius 2 is 2.15 bits per heavy atom.